The Labute approximate surface area is 86.7 Å². The van der Waals surface area contributed by atoms with Crippen LogP contribution >= 0.6 is 30.4 Å². The second-order valence-corrected chi connectivity index (χ2v) is 3.44. The van der Waals surface area contributed by atoms with Gasteiger partial charge in [0.05, 0.1) is 14.9 Å². The average Bonchev–Trinajstić information content (AvgIpc) is 2.15. The van der Waals surface area contributed by atoms with Crippen LogP contribution in [0.3, 0.4) is 0 Å². The van der Waals surface area contributed by atoms with Gasteiger partial charge >= 0.3 is 0 Å². The number of hydrogen-bond donors (Lipinski definition) is 0. The largest absolute Gasteiger partial charge is 0.299 e. The van der Waals surface area contributed by atoms with Crippen molar-refractivity contribution in [2.75, 3.05) is 0 Å². The maximum absolute atomic E-state index is 10.3. The van der Waals surface area contributed by atoms with Gasteiger partial charge < -0.3 is 0 Å². The van der Waals surface area contributed by atoms with Crippen molar-refractivity contribution in [3.05, 3.63) is 29.6 Å². The highest BCUT2D eigenvalue weighted by atomic mass is 127. The van der Waals surface area contributed by atoms with Crippen molar-refractivity contribution in [3.8, 4) is 0 Å². The summed E-state index contributed by atoms with van der Waals surface area (Å²) in [5.41, 5.74) is 1.21. The molecule has 0 aromatic carbocycles. The number of rotatable bonds is 4. The molecule has 0 bridgehead atoms. The maximum atomic E-state index is 10.3. The van der Waals surface area contributed by atoms with Crippen LogP contribution in [0.1, 0.15) is 16.2 Å². The molecule has 0 saturated carbocycles. The molecule has 12 heavy (non-hydrogen) atoms. The summed E-state index contributed by atoms with van der Waals surface area (Å²) in [6.45, 7) is 0.426. The summed E-state index contributed by atoms with van der Waals surface area (Å²) in [6, 6.07) is 5.26. The third-order valence-electron chi connectivity index (χ3n) is 1.20. The molecule has 0 spiro atoms. The lowest BCUT2D eigenvalue weighted by Crippen LogP contribution is -1.93. The molecule has 0 saturated heterocycles. The second-order valence-electron chi connectivity index (χ2n) is 2.00. The SMILES string of the molecule is O=Cc1cccc(COSI)n1. The molecule has 5 heteroatoms. The molecule has 0 unspecified atom stereocenters. The molecule has 1 aromatic rings. The van der Waals surface area contributed by atoms with Crippen LogP contribution in [-0.2, 0) is 10.8 Å². The van der Waals surface area contributed by atoms with E-state index < -0.39 is 0 Å². The molecular weight excluding hydrogens is 289 g/mol. The first-order valence-electron chi connectivity index (χ1n) is 3.18. The minimum Gasteiger partial charge on any atom is -0.299 e. The lowest BCUT2D eigenvalue weighted by atomic mass is 10.3. The van der Waals surface area contributed by atoms with Gasteiger partial charge in [0, 0.05) is 21.2 Å². The molecule has 0 fully saturated rings. The first-order chi connectivity index (χ1) is 5.86. The predicted molar refractivity (Wildman–Crippen MR) is 56.0 cm³/mol. The summed E-state index contributed by atoms with van der Waals surface area (Å²) in [7, 11) is 1.25. The first-order valence-corrected chi connectivity index (χ1v) is 6.46. The fraction of sp³-hybridized carbons (Fsp3) is 0.143. The summed E-state index contributed by atoms with van der Waals surface area (Å²) < 4.78 is 5.04. The smallest absolute Gasteiger partial charge is 0.168 e. The molecule has 0 aliphatic heterocycles. The molecule has 0 aliphatic rings. The third-order valence-corrected chi connectivity index (χ3v) is 2.17. The fourth-order valence-corrected chi connectivity index (χ4v) is 1.27. The van der Waals surface area contributed by atoms with Crippen LogP contribution in [0.5, 0.6) is 0 Å². The van der Waals surface area contributed by atoms with Crippen molar-refractivity contribution in [2.24, 2.45) is 0 Å². The van der Waals surface area contributed by atoms with Crippen LogP contribution in [0.2, 0.25) is 0 Å². The molecule has 0 N–H and O–H groups in total. The molecule has 1 heterocycles. The van der Waals surface area contributed by atoms with E-state index in [9.17, 15) is 4.79 Å². The van der Waals surface area contributed by atoms with Crippen LogP contribution in [0.15, 0.2) is 18.2 Å². The van der Waals surface area contributed by atoms with Crippen LogP contribution < -0.4 is 0 Å². The summed E-state index contributed by atoms with van der Waals surface area (Å²) >= 11 is 2.03. The minimum absolute atomic E-state index is 0.426. The van der Waals surface area contributed by atoms with Crippen LogP contribution in [0.4, 0.5) is 0 Å². The zero-order chi connectivity index (χ0) is 8.81. The van der Waals surface area contributed by atoms with Gasteiger partial charge in [0.2, 0.25) is 0 Å². The van der Waals surface area contributed by atoms with Crippen LogP contribution in [-0.4, -0.2) is 11.3 Å². The Bertz CT molecular complexity index is 269. The Morgan fingerprint density at radius 1 is 1.67 bits per heavy atom. The van der Waals surface area contributed by atoms with Crippen molar-refractivity contribution in [1.82, 2.24) is 4.98 Å². The average molecular weight is 295 g/mol. The first kappa shape index (κ1) is 9.94. The summed E-state index contributed by atoms with van der Waals surface area (Å²) in [5.74, 6) is 0. The van der Waals surface area contributed by atoms with Gasteiger partial charge in [-0.1, -0.05) is 6.07 Å². The Hall–Kier alpha value is -0.140. The van der Waals surface area contributed by atoms with Gasteiger partial charge in [-0.2, -0.15) is 0 Å². The van der Waals surface area contributed by atoms with Gasteiger partial charge in [0.25, 0.3) is 0 Å². The number of nitrogens with zero attached hydrogens (tertiary/aromatic N) is 1. The molecule has 0 atom stereocenters. The number of aromatic nitrogens is 1. The van der Waals surface area contributed by atoms with Crippen molar-refractivity contribution in [1.29, 1.82) is 0 Å². The van der Waals surface area contributed by atoms with Gasteiger partial charge in [-0.05, 0) is 12.1 Å². The van der Waals surface area contributed by atoms with E-state index in [1.165, 1.54) is 9.21 Å². The summed E-state index contributed by atoms with van der Waals surface area (Å²) in [4.78, 5) is 14.3. The van der Waals surface area contributed by atoms with E-state index in [-0.39, 0.29) is 0 Å². The quantitative estimate of drug-likeness (QED) is 0.486. The lowest BCUT2D eigenvalue weighted by molar-refractivity contribution is 0.111. The molecule has 64 valence electrons. The highest BCUT2D eigenvalue weighted by molar-refractivity contribution is 14.2. The Morgan fingerprint density at radius 3 is 3.17 bits per heavy atom. The number of hydrogen-bond acceptors (Lipinski definition) is 4. The molecule has 1 aromatic heterocycles. The number of aldehydes is 1. The van der Waals surface area contributed by atoms with Crippen LogP contribution in [0, 0.1) is 0 Å². The van der Waals surface area contributed by atoms with Crippen molar-refractivity contribution in [3.63, 3.8) is 0 Å². The summed E-state index contributed by atoms with van der Waals surface area (Å²) in [6.07, 6.45) is 0.723. The van der Waals surface area contributed by atoms with Gasteiger partial charge in [-0.25, -0.2) is 4.98 Å². The van der Waals surface area contributed by atoms with Gasteiger partial charge in [0.15, 0.2) is 6.29 Å². The van der Waals surface area contributed by atoms with Crippen molar-refractivity contribution in [2.45, 2.75) is 6.61 Å². The van der Waals surface area contributed by atoms with E-state index in [1.54, 1.807) is 12.1 Å². The van der Waals surface area contributed by atoms with E-state index in [4.69, 9.17) is 4.18 Å². The van der Waals surface area contributed by atoms with Crippen molar-refractivity contribution < 1.29 is 8.98 Å². The molecule has 0 radical (unpaired) electrons. The van der Waals surface area contributed by atoms with E-state index in [0.29, 0.717) is 12.3 Å². The van der Waals surface area contributed by atoms with Crippen LogP contribution in [0.25, 0.3) is 0 Å². The third kappa shape index (κ3) is 3.08. The van der Waals surface area contributed by atoms with E-state index in [0.717, 1.165) is 12.0 Å². The Morgan fingerprint density at radius 2 is 2.50 bits per heavy atom. The molecule has 0 amide bonds. The number of pyridine rings is 1. The number of carbonyl (C=O) groups is 1. The fourth-order valence-electron chi connectivity index (χ4n) is 0.727. The number of carbonyl (C=O) groups excluding carboxylic acids is 1. The maximum Gasteiger partial charge on any atom is 0.168 e. The van der Waals surface area contributed by atoms with E-state index in [1.807, 2.05) is 27.3 Å². The predicted octanol–water partition coefficient (Wildman–Crippen LogP) is 2.41. The lowest BCUT2D eigenvalue weighted by Gasteiger charge is -1.98. The van der Waals surface area contributed by atoms with Gasteiger partial charge in [-0.15, -0.1) is 0 Å². The van der Waals surface area contributed by atoms with E-state index >= 15 is 0 Å². The minimum atomic E-state index is 0.426. The highest BCUT2D eigenvalue weighted by Gasteiger charge is 1.96. The van der Waals surface area contributed by atoms with Gasteiger partial charge in [-0.3, -0.25) is 8.98 Å². The Kier molecular flexibility index (Phi) is 4.55. The topological polar surface area (TPSA) is 39.2 Å². The Balaban J connectivity index is 2.66. The zero-order valence-corrected chi connectivity index (χ0v) is 9.04. The monoisotopic (exact) mass is 295 g/mol. The molecular formula is C7H6INO2S. The zero-order valence-electron chi connectivity index (χ0n) is 6.07. The summed E-state index contributed by atoms with van der Waals surface area (Å²) in [5, 5.41) is 0. The second kappa shape index (κ2) is 5.50. The van der Waals surface area contributed by atoms with E-state index in [2.05, 4.69) is 4.98 Å². The molecule has 3 nitrogen and oxygen atoms in total. The highest BCUT2D eigenvalue weighted by Crippen LogP contribution is 2.14. The van der Waals surface area contributed by atoms with Gasteiger partial charge in [0.1, 0.15) is 12.3 Å². The number of halogens is 1. The normalized spacial score (nSPS) is 9.75. The molecule has 1 rings (SSSR count). The van der Waals surface area contributed by atoms with Crippen molar-refractivity contribution >= 4 is 36.7 Å². The molecule has 0 aliphatic carbocycles. The standard InChI is InChI=1S/C7H6INO2S/c8-12-11-5-7-3-1-2-6(4-10)9-7/h1-4H,5H2.